The van der Waals surface area contributed by atoms with Crippen LogP contribution in [0.3, 0.4) is 0 Å². The molecule has 19 rings (SSSR count). The maximum atomic E-state index is 6.83. The Kier molecular flexibility index (Phi) is 10.5. The third-order valence-corrected chi connectivity index (χ3v) is 19.0. The van der Waals surface area contributed by atoms with Crippen LogP contribution >= 0.6 is 0 Å². The summed E-state index contributed by atoms with van der Waals surface area (Å²) in [6, 6.07) is 112. The minimum absolute atomic E-state index is 0.882. The highest BCUT2D eigenvalue weighted by Crippen LogP contribution is 2.49. The van der Waals surface area contributed by atoms with E-state index in [1.165, 1.54) is 109 Å². The topological polar surface area (TPSA) is 26.3 Å². The van der Waals surface area contributed by atoms with Crippen molar-refractivity contribution >= 4 is 130 Å². The Morgan fingerprint density at radius 3 is 1.16 bits per heavy atom. The molecule has 0 radical (unpaired) electrons. The molecular formula is C86H50O2. The van der Waals surface area contributed by atoms with Gasteiger partial charge in [-0.3, -0.25) is 0 Å². The first-order valence-corrected chi connectivity index (χ1v) is 30.4. The van der Waals surface area contributed by atoms with E-state index in [1.807, 2.05) is 0 Å². The van der Waals surface area contributed by atoms with Gasteiger partial charge >= 0.3 is 0 Å². The van der Waals surface area contributed by atoms with E-state index in [4.69, 9.17) is 8.83 Å². The Morgan fingerprint density at radius 1 is 0.159 bits per heavy atom. The van der Waals surface area contributed by atoms with Gasteiger partial charge in [-0.15, -0.1) is 0 Å². The summed E-state index contributed by atoms with van der Waals surface area (Å²) in [7, 11) is 0. The predicted octanol–water partition coefficient (Wildman–Crippen LogP) is 24.7. The van der Waals surface area contributed by atoms with Crippen molar-refractivity contribution in [2.75, 3.05) is 0 Å². The fourth-order valence-electron chi connectivity index (χ4n) is 14.9. The van der Waals surface area contributed by atoms with Crippen LogP contribution in [-0.2, 0) is 0 Å². The fourth-order valence-corrected chi connectivity index (χ4v) is 14.9. The van der Waals surface area contributed by atoms with Crippen LogP contribution in [-0.4, -0.2) is 0 Å². The number of hydrogen-bond donors (Lipinski definition) is 0. The number of benzene rings is 17. The van der Waals surface area contributed by atoms with Gasteiger partial charge < -0.3 is 8.83 Å². The van der Waals surface area contributed by atoms with E-state index in [0.29, 0.717) is 0 Å². The summed E-state index contributed by atoms with van der Waals surface area (Å²) < 4.78 is 13.6. The minimum Gasteiger partial charge on any atom is -0.455 e. The Morgan fingerprint density at radius 2 is 0.523 bits per heavy atom. The normalized spacial score (nSPS) is 12.1. The lowest BCUT2D eigenvalue weighted by molar-refractivity contribution is 0.672. The molecule has 0 saturated heterocycles. The molecule has 0 saturated carbocycles. The monoisotopic (exact) mass is 1110 g/mol. The Balaban J connectivity index is 0.657. The van der Waals surface area contributed by atoms with Crippen LogP contribution in [0.1, 0.15) is 0 Å². The van der Waals surface area contributed by atoms with E-state index >= 15 is 0 Å². The van der Waals surface area contributed by atoms with Gasteiger partial charge in [-0.2, -0.15) is 0 Å². The molecule has 406 valence electrons. The molecular weight excluding hydrogens is 1060 g/mol. The first kappa shape index (κ1) is 48.8. The molecule has 19 aromatic rings. The maximum absolute atomic E-state index is 6.83. The van der Waals surface area contributed by atoms with Gasteiger partial charge in [0.25, 0.3) is 0 Å². The van der Waals surface area contributed by atoms with Crippen molar-refractivity contribution in [2.24, 2.45) is 0 Å². The molecule has 0 amide bonds. The van der Waals surface area contributed by atoms with Gasteiger partial charge in [0.2, 0.25) is 0 Å². The van der Waals surface area contributed by atoms with E-state index in [-0.39, 0.29) is 0 Å². The van der Waals surface area contributed by atoms with Gasteiger partial charge in [-0.1, -0.05) is 249 Å². The van der Waals surface area contributed by atoms with E-state index in [1.54, 1.807) is 0 Å². The molecule has 0 aliphatic carbocycles. The van der Waals surface area contributed by atoms with Gasteiger partial charge in [-0.05, 0) is 197 Å². The van der Waals surface area contributed by atoms with Crippen molar-refractivity contribution in [1.29, 1.82) is 0 Å². The molecule has 0 aliphatic rings. The third-order valence-electron chi connectivity index (χ3n) is 19.0. The molecule has 88 heavy (non-hydrogen) atoms. The Hall–Kier alpha value is -11.6. The van der Waals surface area contributed by atoms with Crippen molar-refractivity contribution in [3.05, 3.63) is 303 Å². The molecule has 2 nitrogen and oxygen atoms in total. The number of hydrogen-bond acceptors (Lipinski definition) is 2. The van der Waals surface area contributed by atoms with Gasteiger partial charge in [0, 0.05) is 32.3 Å². The van der Waals surface area contributed by atoms with Crippen LogP contribution in [0, 0.1) is 0 Å². The fraction of sp³-hybridized carbons (Fsp3) is 0. The van der Waals surface area contributed by atoms with Gasteiger partial charge in [0.05, 0.1) is 0 Å². The molecule has 0 unspecified atom stereocenters. The maximum Gasteiger partial charge on any atom is 0.143 e. The molecule has 0 fully saturated rings. The molecule has 2 heterocycles. The summed E-state index contributed by atoms with van der Waals surface area (Å²) in [6.07, 6.45) is 0. The summed E-state index contributed by atoms with van der Waals surface area (Å²) in [4.78, 5) is 0. The summed E-state index contributed by atoms with van der Waals surface area (Å²) in [6.45, 7) is 0. The van der Waals surface area contributed by atoms with Crippen LogP contribution in [0.5, 0.6) is 0 Å². The first-order chi connectivity index (χ1) is 43.6. The zero-order chi connectivity index (χ0) is 57.6. The largest absolute Gasteiger partial charge is 0.455 e. The van der Waals surface area contributed by atoms with E-state index in [0.717, 1.165) is 87.9 Å². The third kappa shape index (κ3) is 7.36. The van der Waals surface area contributed by atoms with Crippen molar-refractivity contribution in [2.45, 2.75) is 0 Å². The Labute approximate surface area is 506 Å². The SMILES string of the molecule is c1ccc2c(-c3c4ccccc4c(-c4ccc(-c5ccc6oc7c8cc(-c9ccc%10cc(-c%11c%12ccccc%12c(-c%12ccc%13c(c%12)oc%12c%14ccccc%14ccc%13%12)c%12ccccc%11%12)ccc%10c9)ccc8ccc7c6c5)cc4)c4ccccc34)cccc2c1. The molecule has 2 aromatic heterocycles. The molecule has 0 atom stereocenters. The smallest absolute Gasteiger partial charge is 0.143 e. The van der Waals surface area contributed by atoms with E-state index < -0.39 is 0 Å². The van der Waals surface area contributed by atoms with Crippen LogP contribution in [0.15, 0.2) is 312 Å². The second-order valence-corrected chi connectivity index (χ2v) is 23.7. The summed E-state index contributed by atoms with van der Waals surface area (Å²) in [5.74, 6) is 0. The van der Waals surface area contributed by atoms with Gasteiger partial charge in [0.1, 0.15) is 22.3 Å². The van der Waals surface area contributed by atoms with Gasteiger partial charge in [-0.25, -0.2) is 0 Å². The number of furan rings is 2. The lowest BCUT2D eigenvalue weighted by atomic mass is 9.84. The highest BCUT2D eigenvalue weighted by atomic mass is 16.3. The zero-order valence-corrected chi connectivity index (χ0v) is 47.7. The Bertz CT molecular complexity index is 6050. The number of fused-ring (bicyclic) bond motifs is 16. The average molecular weight is 1120 g/mol. The van der Waals surface area contributed by atoms with Crippen molar-refractivity contribution in [3.63, 3.8) is 0 Å². The molecule has 17 aromatic carbocycles. The van der Waals surface area contributed by atoms with Crippen LogP contribution < -0.4 is 0 Å². The number of rotatable bonds is 6. The summed E-state index contributed by atoms with van der Waals surface area (Å²) in [5.41, 5.74) is 18.0. The highest BCUT2D eigenvalue weighted by Gasteiger charge is 2.22. The predicted molar refractivity (Wildman–Crippen MR) is 374 cm³/mol. The second-order valence-electron chi connectivity index (χ2n) is 23.7. The highest BCUT2D eigenvalue weighted by molar-refractivity contribution is 6.25. The lowest BCUT2D eigenvalue weighted by Crippen LogP contribution is -1.91. The minimum atomic E-state index is 0.882. The average Bonchev–Trinajstić information content (AvgIpc) is 1.03. The van der Waals surface area contributed by atoms with Crippen molar-refractivity contribution < 1.29 is 8.83 Å². The first-order valence-electron chi connectivity index (χ1n) is 30.4. The standard InChI is InChI=1S/C86H50O2/c1-3-17-63-52(14-1)16-13-27-66(63)84-73-25-11-9-23-71(73)81(72-24-10-12-26-74(72)84)55-31-28-51(29-32-55)59-41-45-79-78(49-59)76-44-39-54-30-33-60(48-77(54)86(76)87-79)57-34-35-58-47-61(37-36-56(58)46-57)82-67-19-5-7-21-69(67)83(70-22-8-6-20-68(70)82)62-40-42-65-75-43-38-53-15-2-4-18-64(53)85(75)88-80(65)50-62/h1-50H. The molecule has 0 N–H and O–H groups in total. The van der Waals surface area contributed by atoms with Crippen molar-refractivity contribution in [3.8, 4) is 66.8 Å². The zero-order valence-electron chi connectivity index (χ0n) is 47.7. The lowest BCUT2D eigenvalue weighted by Gasteiger charge is -2.19. The van der Waals surface area contributed by atoms with E-state index in [2.05, 4.69) is 303 Å². The molecule has 2 heteroatoms. The molecule has 0 spiro atoms. The summed E-state index contributed by atoms with van der Waals surface area (Å²) >= 11 is 0. The van der Waals surface area contributed by atoms with Gasteiger partial charge in [0.15, 0.2) is 0 Å². The molecule has 0 aliphatic heterocycles. The second kappa shape index (κ2) is 19.0. The summed E-state index contributed by atoms with van der Waals surface area (Å²) in [5, 5.41) is 23.8. The van der Waals surface area contributed by atoms with E-state index in [9.17, 15) is 0 Å². The van der Waals surface area contributed by atoms with Crippen LogP contribution in [0.25, 0.3) is 197 Å². The molecule has 0 bridgehead atoms. The van der Waals surface area contributed by atoms with Crippen LogP contribution in [0.2, 0.25) is 0 Å². The quantitative estimate of drug-likeness (QED) is 0.155. The van der Waals surface area contributed by atoms with Crippen LogP contribution in [0.4, 0.5) is 0 Å². The van der Waals surface area contributed by atoms with Crippen molar-refractivity contribution in [1.82, 2.24) is 0 Å².